The van der Waals surface area contributed by atoms with E-state index >= 15 is 0 Å². The lowest BCUT2D eigenvalue weighted by atomic mass is 10.2. The number of benzene rings is 1. The first-order chi connectivity index (χ1) is 13.2. The third kappa shape index (κ3) is 5.22. The molecule has 0 aliphatic carbocycles. The Morgan fingerprint density at radius 2 is 2.00 bits per heavy atom. The van der Waals surface area contributed by atoms with Gasteiger partial charge in [-0.2, -0.15) is 5.10 Å². The quantitative estimate of drug-likeness (QED) is 0.515. The van der Waals surface area contributed by atoms with Gasteiger partial charge in [0.25, 0.3) is 11.5 Å². The lowest BCUT2D eigenvalue weighted by molar-refractivity contribution is 0.0953. The molecule has 0 aliphatic rings. The van der Waals surface area contributed by atoms with Gasteiger partial charge in [0, 0.05) is 12.2 Å². The zero-order chi connectivity index (χ0) is 20.8. The fraction of sp³-hybridized carbons (Fsp3) is 0.350. The molecular formula is C20H24BrN3O4. The van der Waals surface area contributed by atoms with E-state index in [-0.39, 0.29) is 23.3 Å². The Morgan fingerprint density at radius 3 is 2.61 bits per heavy atom. The summed E-state index contributed by atoms with van der Waals surface area (Å²) in [5.41, 5.74) is 2.75. The van der Waals surface area contributed by atoms with Crippen molar-refractivity contribution >= 4 is 28.1 Å². The Balaban J connectivity index is 2.19. The van der Waals surface area contributed by atoms with Crippen LogP contribution < -0.4 is 20.5 Å². The van der Waals surface area contributed by atoms with E-state index in [0.717, 1.165) is 0 Å². The number of carbonyl (C=O) groups excluding carboxylic acids is 1. The van der Waals surface area contributed by atoms with Crippen LogP contribution in [0.1, 0.15) is 49.7 Å². The largest absolute Gasteiger partial charge is 0.493 e. The van der Waals surface area contributed by atoms with Gasteiger partial charge < -0.3 is 14.0 Å². The van der Waals surface area contributed by atoms with Gasteiger partial charge in [0.2, 0.25) is 0 Å². The minimum atomic E-state index is -0.568. The summed E-state index contributed by atoms with van der Waals surface area (Å²) >= 11 is 3.46. The number of rotatable bonds is 7. The zero-order valence-electron chi connectivity index (χ0n) is 16.5. The summed E-state index contributed by atoms with van der Waals surface area (Å²) in [6.07, 6.45) is 3.11. The Kier molecular flexibility index (Phi) is 7.39. The SMILES string of the molecule is COc1cc(/C=N\NC(=O)c2cccn(C(C)C)c2=O)cc(Br)c1OC(C)C. The average molecular weight is 450 g/mol. The van der Waals surface area contributed by atoms with Crippen LogP contribution in [0.25, 0.3) is 0 Å². The molecule has 0 unspecified atom stereocenters. The van der Waals surface area contributed by atoms with Crippen molar-refractivity contribution in [2.75, 3.05) is 7.11 Å². The maximum absolute atomic E-state index is 12.4. The van der Waals surface area contributed by atoms with Crippen LogP contribution in [0.4, 0.5) is 0 Å². The number of pyridine rings is 1. The maximum Gasteiger partial charge on any atom is 0.276 e. The maximum atomic E-state index is 12.4. The van der Waals surface area contributed by atoms with Gasteiger partial charge in [-0.1, -0.05) is 0 Å². The molecule has 0 bridgehead atoms. The molecule has 1 N–H and O–H groups in total. The minimum Gasteiger partial charge on any atom is -0.493 e. The molecule has 2 rings (SSSR count). The number of carbonyl (C=O) groups is 1. The Hall–Kier alpha value is -2.61. The molecule has 1 amide bonds. The molecule has 0 saturated heterocycles. The summed E-state index contributed by atoms with van der Waals surface area (Å²) < 4.78 is 13.3. The van der Waals surface area contributed by atoms with Crippen molar-refractivity contribution in [1.29, 1.82) is 0 Å². The predicted molar refractivity (Wildman–Crippen MR) is 113 cm³/mol. The van der Waals surface area contributed by atoms with Crippen LogP contribution in [0.3, 0.4) is 0 Å². The van der Waals surface area contributed by atoms with Gasteiger partial charge in [0.05, 0.1) is 23.9 Å². The second kappa shape index (κ2) is 9.54. The van der Waals surface area contributed by atoms with E-state index in [1.165, 1.54) is 16.8 Å². The summed E-state index contributed by atoms with van der Waals surface area (Å²) in [7, 11) is 1.55. The number of hydrazone groups is 1. The normalized spacial score (nSPS) is 11.3. The van der Waals surface area contributed by atoms with Crippen molar-refractivity contribution in [2.24, 2.45) is 5.10 Å². The predicted octanol–water partition coefficient (Wildman–Crippen LogP) is 3.75. The van der Waals surface area contributed by atoms with Crippen LogP contribution in [-0.2, 0) is 0 Å². The monoisotopic (exact) mass is 449 g/mol. The van der Waals surface area contributed by atoms with Crippen LogP contribution in [0.2, 0.25) is 0 Å². The first-order valence-corrected chi connectivity index (χ1v) is 9.62. The number of amides is 1. The van der Waals surface area contributed by atoms with E-state index in [1.807, 2.05) is 27.7 Å². The van der Waals surface area contributed by atoms with Crippen molar-refractivity contribution in [2.45, 2.75) is 39.8 Å². The van der Waals surface area contributed by atoms with Crippen molar-refractivity contribution in [3.8, 4) is 11.5 Å². The van der Waals surface area contributed by atoms with Crippen LogP contribution in [-0.4, -0.2) is 29.9 Å². The molecular weight excluding hydrogens is 426 g/mol. The summed E-state index contributed by atoms with van der Waals surface area (Å²) in [4.78, 5) is 24.7. The van der Waals surface area contributed by atoms with E-state index in [2.05, 4.69) is 26.5 Å². The molecule has 1 aromatic heterocycles. The highest BCUT2D eigenvalue weighted by atomic mass is 79.9. The summed E-state index contributed by atoms with van der Waals surface area (Å²) in [5, 5.41) is 3.95. The van der Waals surface area contributed by atoms with Crippen molar-refractivity contribution in [3.05, 3.63) is 56.4 Å². The molecule has 2 aromatic rings. The van der Waals surface area contributed by atoms with Crippen LogP contribution in [0, 0.1) is 0 Å². The summed E-state index contributed by atoms with van der Waals surface area (Å²) in [5.74, 6) is 0.568. The van der Waals surface area contributed by atoms with E-state index < -0.39 is 5.91 Å². The van der Waals surface area contributed by atoms with E-state index in [9.17, 15) is 9.59 Å². The Labute approximate surface area is 172 Å². The van der Waals surface area contributed by atoms with Gasteiger partial charge in [-0.3, -0.25) is 9.59 Å². The molecule has 8 heteroatoms. The number of nitrogens with one attached hydrogen (secondary N) is 1. The van der Waals surface area contributed by atoms with Gasteiger partial charge in [0.15, 0.2) is 11.5 Å². The topological polar surface area (TPSA) is 81.9 Å². The fourth-order valence-electron chi connectivity index (χ4n) is 2.48. The minimum absolute atomic E-state index is 0.00948. The highest BCUT2D eigenvalue weighted by molar-refractivity contribution is 9.10. The van der Waals surface area contributed by atoms with E-state index in [1.54, 1.807) is 31.5 Å². The van der Waals surface area contributed by atoms with Gasteiger partial charge in [0.1, 0.15) is 5.56 Å². The van der Waals surface area contributed by atoms with Gasteiger partial charge in [-0.25, -0.2) is 5.43 Å². The number of methoxy groups -OCH3 is 1. The van der Waals surface area contributed by atoms with Crippen molar-refractivity contribution in [3.63, 3.8) is 0 Å². The molecule has 0 atom stereocenters. The van der Waals surface area contributed by atoms with Gasteiger partial charge in [-0.15, -0.1) is 0 Å². The number of hydrogen-bond acceptors (Lipinski definition) is 5. The second-order valence-corrected chi connectivity index (χ2v) is 7.48. The lowest BCUT2D eigenvalue weighted by Crippen LogP contribution is -2.31. The Morgan fingerprint density at radius 1 is 1.29 bits per heavy atom. The molecule has 28 heavy (non-hydrogen) atoms. The van der Waals surface area contributed by atoms with Crippen LogP contribution in [0.5, 0.6) is 11.5 Å². The third-order valence-electron chi connectivity index (χ3n) is 3.76. The number of nitrogens with zero attached hydrogens (tertiary/aromatic N) is 2. The lowest BCUT2D eigenvalue weighted by Gasteiger charge is -2.15. The highest BCUT2D eigenvalue weighted by Gasteiger charge is 2.14. The second-order valence-electron chi connectivity index (χ2n) is 6.63. The van der Waals surface area contributed by atoms with Crippen molar-refractivity contribution < 1.29 is 14.3 Å². The first kappa shape index (κ1) is 21.7. The average Bonchev–Trinajstić information content (AvgIpc) is 2.63. The van der Waals surface area contributed by atoms with Crippen molar-refractivity contribution in [1.82, 2.24) is 9.99 Å². The standard InChI is InChI=1S/C20H24BrN3O4/c1-12(2)24-8-6-7-15(20(24)26)19(25)23-22-11-14-9-16(21)18(28-13(3)4)17(10-14)27-5/h6-13H,1-5H3,(H,23,25)/b22-11-. The number of hydrogen-bond donors (Lipinski definition) is 1. The molecule has 1 aromatic carbocycles. The molecule has 0 spiro atoms. The molecule has 7 nitrogen and oxygen atoms in total. The molecule has 150 valence electrons. The van der Waals surface area contributed by atoms with E-state index in [0.29, 0.717) is 21.5 Å². The van der Waals surface area contributed by atoms with Crippen LogP contribution >= 0.6 is 15.9 Å². The third-order valence-corrected chi connectivity index (χ3v) is 4.35. The highest BCUT2D eigenvalue weighted by Crippen LogP contribution is 2.36. The van der Waals surface area contributed by atoms with Gasteiger partial charge >= 0.3 is 0 Å². The summed E-state index contributed by atoms with van der Waals surface area (Å²) in [6, 6.07) is 6.63. The zero-order valence-corrected chi connectivity index (χ0v) is 18.1. The summed E-state index contributed by atoms with van der Waals surface area (Å²) in [6.45, 7) is 7.60. The number of ether oxygens (including phenoxy) is 2. The first-order valence-electron chi connectivity index (χ1n) is 8.83. The molecule has 0 fully saturated rings. The molecule has 0 saturated carbocycles. The number of halogens is 1. The molecule has 0 radical (unpaired) electrons. The molecule has 0 aliphatic heterocycles. The van der Waals surface area contributed by atoms with Gasteiger partial charge in [-0.05, 0) is 73.5 Å². The smallest absolute Gasteiger partial charge is 0.276 e. The van der Waals surface area contributed by atoms with Crippen LogP contribution in [0.15, 0.2) is 44.8 Å². The molecule has 1 heterocycles. The Bertz CT molecular complexity index is 936. The number of aromatic nitrogens is 1. The fourth-order valence-corrected chi connectivity index (χ4v) is 3.03. The van der Waals surface area contributed by atoms with E-state index in [4.69, 9.17) is 9.47 Å².